The largest absolute Gasteiger partial charge is 0.368 e. The predicted molar refractivity (Wildman–Crippen MR) is 68.8 cm³/mol. The first-order valence-corrected chi connectivity index (χ1v) is 5.79. The van der Waals surface area contributed by atoms with Gasteiger partial charge in [-0.25, -0.2) is 4.98 Å². The SMILES string of the molecule is CCCNc1nccnc1-c1ccnc(C)c1. The minimum Gasteiger partial charge on any atom is -0.368 e. The van der Waals surface area contributed by atoms with E-state index in [0.717, 1.165) is 35.7 Å². The Bertz CT molecular complexity index is 496. The zero-order valence-corrected chi connectivity index (χ0v) is 10.1. The second kappa shape index (κ2) is 5.39. The highest BCUT2D eigenvalue weighted by Gasteiger charge is 2.07. The van der Waals surface area contributed by atoms with Gasteiger partial charge in [0, 0.05) is 36.4 Å². The Morgan fingerprint density at radius 2 is 1.94 bits per heavy atom. The third-order valence-electron chi connectivity index (χ3n) is 2.41. The molecule has 0 atom stereocenters. The van der Waals surface area contributed by atoms with Gasteiger partial charge in [0.1, 0.15) is 5.69 Å². The maximum atomic E-state index is 4.39. The summed E-state index contributed by atoms with van der Waals surface area (Å²) >= 11 is 0. The van der Waals surface area contributed by atoms with Crippen LogP contribution in [0.5, 0.6) is 0 Å². The average molecular weight is 228 g/mol. The molecule has 0 aliphatic carbocycles. The average Bonchev–Trinajstić information content (AvgIpc) is 2.37. The molecule has 2 aromatic heterocycles. The summed E-state index contributed by atoms with van der Waals surface area (Å²) in [6.07, 6.45) is 6.27. The third-order valence-corrected chi connectivity index (χ3v) is 2.41. The van der Waals surface area contributed by atoms with Crippen molar-refractivity contribution >= 4 is 5.82 Å². The Morgan fingerprint density at radius 1 is 1.12 bits per heavy atom. The van der Waals surface area contributed by atoms with E-state index in [-0.39, 0.29) is 0 Å². The predicted octanol–water partition coefficient (Wildman–Crippen LogP) is 2.67. The molecule has 4 nitrogen and oxygen atoms in total. The number of aryl methyl sites for hydroxylation is 1. The molecule has 2 rings (SSSR count). The van der Waals surface area contributed by atoms with E-state index in [2.05, 4.69) is 27.2 Å². The Balaban J connectivity index is 2.37. The Kier molecular flexibility index (Phi) is 3.65. The quantitative estimate of drug-likeness (QED) is 0.874. The van der Waals surface area contributed by atoms with Gasteiger partial charge in [0.05, 0.1) is 0 Å². The van der Waals surface area contributed by atoms with Crippen molar-refractivity contribution in [3.05, 3.63) is 36.4 Å². The number of hydrogen-bond acceptors (Lipinski definition) is 4. The highest BCUT2D eigenvalue weighted by molar-refractivity contribution is 5.70. The molecule has 2 heterocycles. The van der Waals surface area contributed by atoms with Crippen molar-refractivity contribution in [1.82, 2.24) is 15.0 Å². The van der Waals surface area contributed by atoms with Crippen LogP contribution in [0, 0.1) is 6.92 Å². The molecule has 0 saturated heterocycles. The lowest BCUT2D eigenvalue weighted by Gasteiger charge is -2.09. The Morgan fingerprint density at radius 3 is 2.71 bits per heavy atom. The van der Waals surface area contributed by atoms with E-state index in [1.54, 1.807) is 18.6 Å². The zero-order chi connectivity index (χ0) is 12.1. The van der Waals surface area contributed by atoms with E-state index >= 15 is 0 Å². The standard InChI is InChI=1S/C13H16N4/c1-3-5-16-13-12(15-7-8-17-13)11-4-6-14-10(2)9-11/h4,6-9H,3,5H2,1-2H3,(H,16,17). The Hall–Kier alpha value is -1.97. The summed E-state index contributed by atoms with van der Waals surface area (Å²) in [5.74, 6) is 0.833. The van der Waals surface area contributed by atoms with Crippen LogP contribution in [0.1, 0.15) is 19.0 Å². The number of rotatable bonds is 4. The van der Waals surface area contributed by atoms with Crippen LogP contribution in [-0.2, 0) is 0 Å². The first kappa shape index (κ1) is 11.5. The number of anilines is 1. The lowest BCUT2D eigenvalue weighted by atomic mass is 10.1. The van der Waals surface area contributed by atoms with Crippen LogP contribution in [0.3, 0.4) is 0 Å². The third kappa shape index (κ3) is 2.78. The monoisotopic (exact) mass is 228 g/mol. The molecule has 0 saturated carbocycles. The summed E-state index contributed by atoms with van der Waals surface area (Å²) in [5.41, 5.74) is 2.91. The molecule has 17 heavy (non-hydrogen) atoms. The fraction of sp³-hybridized carbons (Fsp3) is 0.308. The molecule has 0 aromatic carbocycles. The summed E-state index contributed by atoms with van der Waals surface area (Å²) in [5, 5.41) is 3.29. The van der Waals surface area contributed by atoms with Gasteiger partial charge in [-0.15, -0.1) is 0 Å². The maximum absolute atomic E-state index is 4.39. The summed E-state index contributed by atoms with van der Waals surface area (Å²) < 4.78 is 0. The molecular formula is C13H16N4. The fourth-order valence-corrected chi connectivity index (χ4v) is 1.61. The summed E-state index contributed by atoms with van der Waals surface area (Å²) in [6.45, 7) is 4.99. The van der Waals surface area contributed by atoms with Gasteiger partial charge < -0.3 is 5.32 Å². The molecule has 0 spiro atoms. The van der Waals surface area contributed by atoms with E-state index in [0.29, 0.717) is 0 Å². The maximum Gasteiger partial charge on any atom is 0.152 e. The molecular weight excluding hydrogens is 212 g/mol. The van der Waals surface area contributed by atoms with E-state index in [1.807, 2.05) is 19.1 Å². The van der Waals surface area contributed by atoms with Gasteiger partial charge in [-0.3, -0.25) is 9.97 Å². The topological polar surface area (TPSA) is 50.7 Å². The van der Waals surface area contributed by atoms with Gasteiger partial charge in [0.25, 0.3) is 0 Å². The van der Waals surface area contributed by atoms with E-state index in [4.69, 9.17) is 0 Å². The molecule has 0 bridgehead atoms. The van der Waals surface area contributed by atoms with Gasteiger partial charge in [0.15, 0.2) is 5.82 Å². The minimum absolute atomic E-state index is 0.833. The summed E-state index contributed by atoms with van der Waals surface area (Å²) in [4.78, 5) is 12.9. The highest BCUT2D eigenvalue weighted by Crippen LogP contribution is 2.23. The number of hydrogen-bond donors (Lipinski definition) is 1. The van der Waals surface area contributed by atoms with Crippen molar-refractivity contribution in [1.29, 1.82) is 0 Å². The molecule has 1 N–H and O–H groups in total. The lowest BCUT2D eigenvalue weighted by Crippen LogP contribution is -2.04. The summed E-state index contributed by atoms with van der Waals surface area (Å²) in [6, 6.07) is 3.97. The second-order valence-corrected chi connectivity index (χ2v) is 3.87. The number of pyridine rings is 1. The molecule has 88 valence electrons. The van der Waals surface area contributed by atoms with Crippen molar-refractivity contribution in [3.8, 4) is 11.3 Å². The molecule has 0 fully saturated rings. The van der Waals surface area contributed by atoms with Crippen LogP contribution >= 0.6 is 0 Å². The van der Waals surface area contributed by atoms with Crippen LogP contribution in [0.15, 0.2) is 30.7 Å². The van der Waals surface area contributed by atoms with Crippen molar-refractivity contribution in [2.45, 2.75) is 20.3 Å². The molecule has 2 aromatic rings. The van der Waals surface area contributed by atoms with Crippen molar-refractivity contribution in [2.75, 3.05) is 11.9 Å². The van der Waals surface area contributed by atoms with Gasteiger partial charge >= 0.3 is 0 Å². The van der Waals surface area contributed by atoms with Gasteiger partial charge in [-0.2, -0.15) is 0 Å². The Labute approximate surface area is 101 Å². The number of nitrogens with zero attached hydrogens (tertiary/aromatic N) is 3. The highest BCUT2D eigenvalue weighted by atomic mass is 15.0. The van der Waals surface area contributed by atoms with Crippen molar-refractivity contribution in [2.24, 2.45) is 0 Å². The molecule has 4 heteroatoms. The first-order valence-electron chi connectivity index (χ1n) is 5.79. The first-order chi connectivity index (χ1) is 8.31. The molecule has 0 amide bonds. The molecule has 0 radical (unpaired) electrons. The molecule has 0 unspecified atom stereocenters. The van der Waals surface area contributed by atoms with Gasteiger partial charge in [-0.1, -0.05) is 6.92 Å². The molecule has 0 aliphatic heterocycles. The second-order valence-electron chi connectivity index (χ2n) is 3.87. The van der Waals surface area contributed by atoms with Gasteiger partial charge in [-0.05, 0) is 25.5 Å². The van der Waals surface area contributed by atoms with E-state index < -0.39 is 0 Å². The van der Waals surface area contributed by atoms with Crippen molar-refractivity contribution < 1.29 is 0 Å². The number of aromatic nitrogens is 3. The normalized spacial score (nSPS) is 10.2. The minimum atomic E-state index is 0.833. The zero-order valence-electron chi connectivity index (χ0n) is 10.1. The van der Waals surface area contributed by atoms with E-state index in [9.17, 15) is 0 Å². The molecule has 0 aliphatic rings. The van der Waals surface area contributed by atoms with Crippen LogP contribution < -0.4 is 5.32 Å². The van der Waals surface area contributed by atoms with Crippen LogP contribution in [0.25, 0.3) is 11.3 Å². The smallest absolute Gasteiger partial charge is 0.152 e. The van der Waals surface area contributed by atoms with Crippen molar-refractivity contribution in [3.63, 3.8) is 0 Å². The van der Waals surface area contributed by atoms with Crippen LogP contribution in [-0.4, -0.2) is 21.5 Å². The lowest BCUT2D eigenvalue weighted by molar-refractivity contribution is 0.965. The van der Waals surface area contributed by atoms with Crippen LogP contribution in [0.4, 0.5) is 5.82 Å². The van der Waals surface area contributed by atoms with Gasteiger partial charge in [0.2, 0.25) is 0 Å². The van der Waals surface area contributed by atoms with E-state index in [1.165, 1.54) is 0 Å². The fourth-order valence-electron chi connectivity index (χ4n) is 1.61. The summed E-state index contributed by atoms with van der Waals surface area (Å²) in [7, 11) is 0. The number of nitrogens with one attached hydrogen (secondary N) is 1. The van der Waals surface area contributed by atoms with Crippen LogP contribution in [0.2, 0.25) is 0 Å².